The average molecular weight is 165 g/mol. The third-order valence-electron chi connectivity index (χ3n) is 0.989. The van der Waals surface area contributed by atoms with Gasteiger partial charge in [0, 0.05) is 4.91 Å². The smallest absolute Gasteiger partial charge is 0.241 e. The lowest BCUT2D eigenvalue weighted by Gasteiger charge is -1.88. The van der Waals surface area contributed by atoms with Crippen LogP contribution in [0.15, 0.2) is 29.4 Å². The highest BCUT2D eigenvalue weighted by molar-refractivity contribution is 5.88. The minimum absolute atomic E-state index is 0.448. The first-order valence-corrected chi connectivity index (χ1v) is 3.60. The fraction of sp³-hybridized carbons (Fsp3) is 0.375. The number of allylic oxidation sites excluding steroid dienone is 3. The second-order valence-corrected chi connectivity index (χ2v) is 2.52. The number of hydrogen-bond acceptors (Lipinski definition) is 1. The molecule has 0 heterocycles. The fourth-order valence-corrected chi connectivity index (χ4v) is 0.502. The molecule has 0 aromatic rings. The summed E-state index contributed by atoms with van der Waals surface area (Å²) in [5, 5.41) is 2.86. The van der Waals surface area contributed by atoms with Gasteiger partial charge in [-0.3, -0.25) is 4.79 Å². The Hall–Kier alpha value is -1.54. The van der Waals surface area contributed by atoms with E-state index in [1.165, 1.54) is 6.08 Å². The summed E-state index contributed by atoms with van der Waals surface area (Å²) in [6, 6.07) is 0. The van der Waals surface area contributed by atoms with Gasteiger partial charge < -0.3 is 0 Å². The molecule has 0 saturated heterocycles. The van der Waals surface area contributed by atoms with Gasteiger partial charge in [-0.25, -0.2) is 0 Å². The molecule has 0 bridgehead atoms. The monoisotopic (exact) mass is 165 g/mol. The van der Waals surface area contributed by atoms with E-state index in [0.717, 1.165) is 0 Å². The van der Waals surface area contributed by atoms with Crippen LogP contribution in [0.1, 0.15) is 13.8 Å². The highest BCUT2D eigenvalue weighted by Gasteiger charge is 1.85. The molecule has 0 N–H and O–H groups in total. The molecule has 0 unspecified atom stereocenters. The van der Waals surface area contributed by atoms with Gasteiger partial charge in [-0.15, -0.1) is 0 Å². The van der Waals surface area contributed by atoms with Gasteiger partial charge in [-0.1, -0.05) is 32.1 Å². The van der Waals surface area contributed by atoms with Gasteiger partial charge in [0.25, 0.3) is 0 Å². The summed E-state index contributed by atoms with van der Waals surface area (Å²) in [7, 11) is 0. The summed E-state index contributed by atoms with van der Waals surface area (Å²) < 4.78 is 0. The van der Waals surface area contributed by atoms with Gasteiger partial charge in [0.1, 0.15) is 0 Å². The molecule has 0 aromatic carbocycles. The van der Waals surface area contributed by atoms with Crippen LogP contribution in [-0.4, -0.2) is 5.91 Å². The van der Waals surface area contributed by atoms with Crippen molar-refractivity contribution in [3.8, 4) is 0 Å². The third kappa shape index (κ3) is 6.58. The zero-order valence-electron chi connectivity index (χ0n) is 7.14. The van der Waals surface area contributed by atoms with Crippen LogP contribution in [0.4, 0.5) is 0 Å². The molecule has 12 heavy (non-hydrogen) atoms. The zero-order valence-corrected chi connectivity index (χ0v) is 7.14. The van der Waals surface area contributed by atoms with Crippen LogP contribution in [0.5, 0.6) is 0 Å². The van der Waals surface area contributed by atoms with Crippen molar-refractivity contribution in [1.82, 2.24) is 0 Å². The summed E-state index contributed by atoms with van der Waals surface area (Å²) in [4.78, 5) is 12.9. The number of carbonyl (C=O) groups excluding carboxylic acids is 1. The molecule has 0 fully saturated rings. The van der Waals surface area contributed by atoms with Gasteiger partial charge >= 0.3 is 0 Å². The van der Waals surface area contributed by atoms with Gasteiger partial charge in [0.2, 0.25) is 5.91 Å². The minimum Gasteiger partial charge on any atom is -0.288 e. The molecule has 1 amide bonds. The highest BCUT2D eigenvalue weighted by atomic mass is 16.1. The first-order valence-electron chi connectivity index (χ1n) is 3.60. The van der Waals surface area contributed by atoms with E-state index in [-0.39, 0.29) is 0 Å². The van der Waals surface area contributed by atoms with E-state index in [1.54, 1.807) is 12.2 Å². The van der Waals surface area contributed by atoms with E-state index >= 15 is 0 Å². The molecule has 0 spiro atoms. The Balaban J connectivity index is 3.92. The normalized spacial score (nSPS) is 10.9. The third-order valence-corrected chi connectivity index (χ3v) is 0.989. The lowest BCUT2D eigenvalue weighted by atomic mass is 10.2. The Morgan fingerprint density at radius 1 is 1.50 bits per heavy atom. The van der Waals surface area contributed by atoms with E-state index in [9.17, 15) is 4.79 Å². The molecular formula is C8H11N3O. The van der Waals surface area contributed by atoms with Crippen molar-refractivity contribution < 1.29 is 4.79 Å². The van der Waals surface area contributed by atoms with Crippen molar-refractivity contribution in [2.75, 3.05) is 0 Å². The van der Waals surface area contributed by atoms with E-state index < -0.39 is 5.91 Å². The summed E-state index contributed by atoms with van der Waals surface area (Å²) in [6.45, 7) is 4.05. The number of rotatable bonds is 3. The SMILES string of the molecule is CC(C)/C=C/C=C/C(=O)N=[N+]=[N-]. The molecule has 0 atom stereocenters. The van der Waals surface area contributed by atoms with E-state index in [2.05, 4.69) is 10.0 Å². The second kappa shape index (κ2) is 6.19. The van der Waals surface area contributed by atoms with E-state index in [4.69, 9.17) is 5.53 Å². The van der Waals surface area contributed by atoms with Crippen molar-refractivity contribution in [3.05, 3.63) is 34.7 Å². The van der Waals surface area contributed by atoms with Crippen LogP contribution in [0, 0.1) is 5.92 Å². The Kier molecular flexibility index (Phi) is 5.39. The van der Waals surface area contributed by atoms with Gasteiger partial charge in [-0.05, 0) is 22.6 Å². The summed E-state index contributed by atoms with van der Waals surface area (Å²) >= 11 is 0. The molecule has 0 radical (unpaired) electrons. The maximum Gasteiger partial charge on any atom is 0.241 e. The Labute approximate surface area is 71.2 Å². The number of nitrogens with zero attached hydrogens (tertiary/aromatic N) is 3. The lowest BCUT2D eigenvalue weighted by molar-refractivity contribution is -0.113. The average Bonchev–Trinajstić information content (AvgIpc) is 1.98. The number of carbonyl (C=O) groups is 1. The Bertz CT molecular complexity index is 247. The molecule has 4 nitrogen and oxygen atoms in total. The standard InChI is InChI=1S/C8H11N3O/c1-7(2)5-3-4-6-8(12)10-11-9/h3-7H,1-2H3/b5-3+,6-4+. The predicted octanol–water partition coefficient (Wildman–Crippen LogP) is 2.59. The Morgan fingerprint density at radius 3 is 2.67 bits per heavy atom. The number of amides is 1. The molecule has 0 rings (SSSR count). The molecule has 0 saturated carbocycles. The topological polar surface area (TPSA) is 65.8 Å². The van der Waals surface area contributed by atoms with Crippen molar-refractivity contribution in [1.29, 1.82) is 0 Å². The molecular weight excluding hydrogens is 154 g/mol. The summed E-state index contributed by atoms with van der Waals surface area (Å²) in [6.07, 6.45) is 6.45. The zero-order chi connectivity index (χ0) is 9.40. The van der Waals surface area contributed by atoms with Crippen LogP contribution in [0.2, 0.25) is 0 Å². The van der Waals surface area contributed by atoms with Gasteiger partial charge in [0.15, 0.2) is 0 Å². The van der Waals surface area contributed by atoms with E-state index in [1.807, 2.05) is 19.9 Å². The molecule has 64 valence electrons. The van der Waals surface area contributed by atoms with Crippen molar-refractivity contribution >= 4 is 5.91 Å². The maximum absolute atomic E-state index is 10.5. The van der Waals surface area contributed by atoms with Crippen LogP contribution in [-0.2, 0) is 4.79 Å². The maximum atomic E-state index is 10.5. The number of hydrogen-bond donors (Lipinski definition) is 0. The van der Waals surface area contributed by atoms with Gasteiger partial charge in [0.05, 0.1) is 0 Å². The highest BCUT2D eigenvalue weighted by Crippen LogP contribution is 1.93. The fourth-order valence-electron chi connectivity index (χ4n) is 0.502. The first-order chi connectivity index (χ1) is 5.66. The molecule has 0 aliphatic carbocycles. The number of azide groups is 1. The Morgan fingerprint density at radius 2 is 2.17 bits per heavy atom. The molecule has 0 aliphatic heterocycles. The second-order valence-electron chi connectivity index (χ2n) is 2.52. The van der Waals surface area contributed by atoms with E-state index in [0.29, 0.717) is 5.92 Å². The minimum atomic E-state index is -0.578. The largest absolute Gasteiger partial charge is 0.288 e. The molecule has 0 aliphatic rings. The summed E-state index contributed by atoms with van der Waals surface area (Å²) in [5.74, 6) is -0.130. The summed E-state index contributed by atoms with van der Waals surface area (Å²) in [5.41, 5.74) is 7.87. The van der Waals surface area contributed by atoms with Crippen LogP contribution in [0.25, 0.3) is 10.4 Å². The lowest BCUT2D eigenvalue weighted by Crippen LogP contribution is -1.81. The molecule has 4 heteroatoms. The molecule has 0 aromatic heterocycles. The van der Waals surface area contributed by atoms with Gasteiger partial charge in [-0.2, -0.15) is 0 Å². The van der Waals surface area contributed by atoms with Crippen molar-refractivity contribution in [3.63, 3.8) is 0 Å². The quantitative estimate of drug-likeness (QED) is 0.208. The van der Waals surface area contributed by atoms with Crippen molar-refractivity contribution in [2.45, 2.75) is 13.8 Å². The van der Waals surface area contributed by atoms with Crippen molar-refractivity contribution in [2.24, 2.45) is 11.0 Å². The van der Waals surface area contributed by atoms with Crippen LogP contribution < -0.4 is 0 Å². The first kappa shape index (κ1) is 10.5. The predicted molar refractivity (Wildman–Crippen MR) is 47.3 cm³/mol. The van der Waals surface area contributed by atoms with Crippen LogP contribution in [0.3, 0.4) is 0 Å². The van der Waals surface area contributed by atoms with Crippen LogP contribution >= 0.6 is 0 Å².